The number of halogens is 5. The summed E-state index contributed by atoms with van der Waals surface area (Å²) in [5.74, 6) is -4.49. The Morgan fingerprint density at radius 3 is 2.44 bits per heavy atom. The Morgan fingerprint density at radius 2 is 1.89 bits per heavy atom. The van der Waals surface area contributed by atoms with E-state index < -0.39 is 35.7 Å². The summed E-state index contributed by atoms with van der Waals surface area (Å²) < 4.78 is 61.4. The molecule has 1 amide bonds. The fourth-order valence-electron chi connectivity index (χ4n) is 1.72. The molecular formula is C11H8F5NO. The quantitative estimate of drug-likeness (QED) is 0.818. The van der Waals surface area contributed by atoms with Crippen LogP contribution in [0.3, 0.4) is 0 Å². The maximum absolute atomic E-state index is 12.9. The van der Waals surface area contributed by atoms with Crippen molar-refractivity contribution in [3.63, 3.8) is 0 Å². The molecule has 0 radical (unpaired) electrons. The maximum Gasteiger partial charge on any atom is 0.471 e. The minimum Gasteiger partial charge on any atom is -0.345 e. The molecule has 2 rings (SSSR count). The number of hydrogen-bond acceptors (Lipinski definition) is 1. The summed E-state index contributed by atoms with van der Waals surface area (Å²) in [7, 11) is 0. The fraction of sp³-hybridized carbons (Fsp3) is 0.364. The van der Waals surface area contributed by atoms with Gasteiger partial charge >= 0.3 is 12.1 Å². The van der Waals surface area contributed by atoms with Crippen LogP contribution < -0.4 is 5.32 Å². The third-order valence-corrected chi connectivity index (χ3v) is 2.74. The van der Waals surface area contributed by atoms with Gasteiger partial charge in [-0.25, -0.2) is 8.78 Å². The van der Waals surface area contributed by atoms with Crippen LogP contribution in [0.1, 0.15) is 17.9 Å². The van der Waals surface area contributed by atoms with E-state index in [2.05, 4.69) is 0 Å². The van der Waals surface area contributed by atoms with Gasteiger partial charge in [-0.15, -0.1) is 0 Å². The number of carbonyl (C=O) groups excluding carboxylic acids is 1. The molecule has 0 aliphatic heterocycles. The van der Waals surface area contributed by atoms with E-state index in [0.717, 1.165) is 12.1 Å². The van der Waals surface area contributed by atoms with Gasteiger partial charge in [0.1, 0.15) is 0 Å². The van der Waals surface area contributed by atoms with Crippen molar-refractivity contribution in [3.05, 3.63) is 35.4 Å². The molecule has 2 unspecified atom stereocenters. The molecule has 0 saturated heterocycles. The highest BCUT2D eigenvalue weighted by molar-refractivity contribution is 5.82. The molecule has 0 aromatic heterocycles. The summed E-state index contributed by atoms with van der Waals surface area (Å²) in [6.07, 6.45) is -4.64. The number of benzene rings is 1. The van der Waals surface area contributed by atoms with Crippen LogP contribution in [0.5, 0.6) is 0 Å². The molecule has 0 spiro atoms. The first-order valence-corrected chi connectivity index (χ1v) is 5.11. The largest absolute Gasteiger partial charge is 0.471 e. The van der Waals surface area contributed by atoms with Gasteiger partial charge in [0.05, 0.1) is 0 Å². The fourth-order valence-corrected chi connectivity index (χ4v) is 1.72. The molecule has 1 aliphatic carbocycles. The Balaban J connectivity index is 1.99. The Hall–Kier alpha value is -1.66. The lowest BCUT2D eigenvalue weighted by Gasteiger charge is -2.07. The summed E-state index contributed by atoms with van der Waals surface area (Å²) in [4.78, 5) is 10.6. The number of rotatable bonds is 2. The number of nitrogens with one attached hydrogen (secondary N) is 1. The number of hydrogen-bond donors (Lipinski definition) is 1. The van der Waals surface area contributed by atoms with Crippen LogP contribution in [0.15, 0.2) is 18.2 Å². The zero-order valence-corrected chi connectivity index (χ0v) is 8.89. The molecule has 2 atom stereocenters. The second kappa shape index (κ2) is 4.22. The van der Waals surface area contributed by atoms with Gasteiger partial charge in [-0.05, 0) is 24.1 Å². The highest BCUT2D eigenvalue weighted by atomic mass is 19.4. The Bertz CT molecular complexity index is 485. The normalized spacial score (nSPS) is 22.7. The summed E-state index contributed by atoms with van der Waals surface area (Å²) in [5.41, 5.74) is 0.376. The van der Waals surface area contributed by atoms with Crippen molar-refractivity contribution in [2.24, 2.45) is 0 Å². The molecule has 98 valence electrons. The van der Waals surface area contributed by atoms with Gasteiger partial charge in [0, 0.05) is 12.0 Å². The predicted octanol–water partition coefficient (Wildman–Crippen LogP) is 2.50. The minimum atomic E-state index is -4.93. The summed E-state index contributed by atoms with van der Waals surface area (Å²) >= 11 is 0. The average molecular weight is 265 g/mol. The lowest BCUT2D eigenvalue weighted by molar-refractivity contribution is -0.173. The number of carbonyl (C=O) groups is 1. The lowest BCUT2D eigenvalue weighted by Crippen LogP contribution is -2.38. The van der Waals surface area contributed by atoms with E-state index in [4.69, 9.17) is 0 Å². The lowest BCUT2D eigenvalue weighted by atomic mass is 10.1. The zero-order valence-electron chi connectivity index (χ0n) is 8.89. The van der Waals surface area contributed by atoms with Crippen LogP contribution in [0.25, 0.3) is 0 Å². The topological polar surface area (TPSA) is 29.1 Å². The third kappa shape index (κ3) is 2.60. The summed E-state index contributed by atoms with van der Waals surface area (Å²) in [6.45, 7) is 0. The van der Waals surface area contributed by atoms with Crippen LogP contribution in [0, 0.1) is 11.6 Å². The molecule has 7 heteroatoms. The van der Waals surface area contributed by atoms with Crippen molar-refractivity contribution in [1.82, 2.24) is 5.32 Å². The van der Waals surface area contributed by atoms with Crippen molar-refractivity contribution < 1.29 is 26.7 Å². The van der Waals surface area contributed by atoms with Crippen LogP contribution in [0.2, 0.25) is 0 Å². The number of amides is 1. The average Bonchev–Trinajstić information content (AvgIpc) is 3.00. The van der Waals surface area contributed by atoms with Crippen LogP contribution in [-0.4, -0.2) is 18.1 Å². The second-order valence-corrected chi connectivity index (χ2v) is 4.09. The van der Waals surface area contributed by atoms with Crippen molar-refractivity contribution in [2.75, 3.05) is 0 Å². The molecule has 1 aromatic rings. The molecule has 1 aliphatic rings. The molecule has 0 heterocycles. The van der Waals surface area contributed by atoms with Gasteiger partial charge in [-0.3, -0.25) is 4.79 Å². The summed E-state index contributed by atoms with van der Waals surface area (Å²) in [5, 5.41) is 1.80. The molecule has 1 aromatic carbocycles. The maximum atomic E-state index is 12.9. The van der Waals surface area contributed by atoms with Crippen LogP contribution in [0.4, 0.5) is 22.0 Å². The Labute approximate surface area is 98.8 Å². The Kier molecular flexibility index (Phi) is 3.00. The van der Waals surface area contributed by atoms with E-state index in [1.54, 1.807) is 5.32 Å². The predicted molar refractivity (Wildman–Crippen MR) is 51.7 cm³/mol. The van der Waals surface area contributed by atoms with Gasteiger partial charge in [0.25, 0.3) is 0 Å². The smallest absolute Gasteiger partial charge is 0.345 e. The van der Waals surface area contributed by atoms with Crippen LogP contribution >= 0.6 is 0 Å². The standard InChI is InChI=1S/C11H8F5NO/c12-7-2-1-5(3-8(7)13)6-4-9(6)17-10(18)11(14,15)16/h1-3,6,9H,4H2,(H,17,18). The first-order chi connectivity index (χ1) is 8.29. The molecule has 1 N–H and O–H groups in total. The molecule has 2 nitrogen and oxygen atoms in total. The first kappa shape index (κ1) is 12.8. The van der Waals surface area contributed by atoms with Gasteiger partial charge in [-0.2, -0.15) is 13.2 Å². The van der Waals surface area contributed by atoms with E-state index in [9.17, 15) is 26.7 Å². The van der Waals surface area contributed by atoms with Crippen LogP contribution in [-0.2, 0) is 4.79 Å². The van der Waals surface area contributed by atoms with E-state index in [-0.39, 0.29) is 6.42 Å². The third-order valence-electron chi connectivity index (χ3n) is 2.74. The minimum absolute atomic E-state index is 0.285. The van der Waals surface area contributed by atoms with Crippen molar-refractivity contribution in [2.45, 2.75) is 24.6 Å². The van der Waals surface area contributed by atoms with Crippen molar-refractivity contribution in [1.29, 1.82) is 0 Å². The molecule has 1 saturated carbocycles. The van der Waals surface area contributed by atoms with Gasteiger partial charge < -0.3 is 5.32 Å². The second-order valence-electron chi connectivity index (χ2n) is 4.09. The first-order valence-electron chi connectivity index (χ1n) is 5.11. The molecule has 1 fully saturated rings. The van der Waals surface area contributed by atoms with E-state index in [1.165, 1.54) is 6.07 Å². The molecule has 0 bridgehead atoms. The van der Waals surface area contributed by atoms with Gasteiger partial charge in [0.2, 0.25) is 0 Å². The van der Waals surface area contributed by atoms with E-state index in [0.29, 0.717) is 5.56 Å². The van der Waals surface area contributed by atoms with Crippen molar-refractivity contribution in [3.8, 4) is 0 Å². The molecule has 18 heavy (non-hydrogen) atoms. The molecular weight excluding hydrogens is 257 g/mol. The van der Waals surface area contributed by atoms with E-state index >= 15 is 0 Å². The summed E-state index contributed by atoms with van der Waals surface area (Å²) in [6, 6.07) is 2.46. The van der Waals surface area contributed by atoms with E-state index in [1.807, 2.05) is 0 Å². The highest BCUT2D eigenvalue weighted by Gasteiger charge is 2.46. The zero-order chi connectivity index (χ0) is 13.5. The highest BCUT2D eigenvalue weighted by Crippen LogP contribution is 2.41. The number of alkyl halides is 3. The van der Waals surface area contributed by atoms with Gasteiger partial charge in [-0.1, -0.05) is 6.07 Å². The SMILES string of the molecule is O=C(NC1CC1c1ccc(F)c(F)c1)C(F)(F)F. The van der Waals surface area contributed by atoms with Gasteiger partial charge in [0.15, 0.2) is 11.6 Å². The van der Waals surface area contributed by atoms with Crippen molar-refractivity contribution >= 4 is 5.91 Å². The Morgan fingerprint density at radius 1 is 1.22 bits per heavy atom. The monoisotopic (exact) mass is 265 g/mol.